The molecule has 0 heterocycles. The Balaban J connectivity index is 4.25. The van der Waals surface area contributed by atoms with Gasteiger partial charge in [-0.25, -0.2) is 8.42 Å². The Labute approximate surface area is 104 Å². The van der Waals surface area contributed by atoms with E-state index >= 15 is 0 Å². The van der Waals surface area contributed by atoms with E-state index in [0.717, 1.165) is 19.1 Å². The van der Waals surface area contributed by atoms with Gasteiger partial charge in [0.15, 0.2) is 0 Å². The standard InChI is InChI=1S/C11H24N2O3S/c1-4-6-8-13(5-2)11(14)10(12)7-9-17(3,15)16/h10H,4-9,12H2,1-3H3. The highest BCUT2D eigenvalue weighted by molar-refractivity contribution is 7.90. The number of rotatable bonds is 8. The molecule has 5 nitrogen and oxygen atoms in total. The highest BCUT2D eigenvalue weighted by Gasteiger charge is 2.20. The molecule has 1 amide bonds. The van der Waals surface area contributed by atoms with E-state index in [-0.39, 0.29) is 18.1 Å². The van der Waals surface area contributed by atoms with Gasteiger partial charge in [0.1, 0.15) is 9.84 Å². The third kappa shape index (κ3) is 7.33. The molecule has 0 saturated heterocycles. The van der Waals surface area contributed by atoms with Crippen LogP contribution in [0.1, 0.15) is 33.1 Å². The molecule has 0 radical (unpaired) electrons. The van der Waals surface area contributed by atoms with Crippen LogP contribution in [0.15, 0.2) is 0 Å². The Kier molecular flexibility index (Phi) is 7.38. The summed E-state index contributed by atoms with van der Waals surface area (Å²) >= 11 is 0. The highest BCUT2D eigenvalue weighted by Crippen LogP contribution is 2.02. The molecule has 0 fully saturated rings. The second kappa shape index (κ2) is 7.66. The van der Waals surface area contributed by atoms with E-state index in [0.29, 0.717) is 13.1 Å². The summed E-state index contributed by atoms with van der Waals surface area (Å²) in [6.07, 6.45) is 3.31. The topological polar surface area (TPSA) is 80.5 Å². The first-order valence-corrected chi connectivity index (χ1v) is 8.10. The molecule has 0 aliphatic heterocycles. The van der Waals surface area contributed by atoms with Gasteiger partial charge in [-0.15, -0.1) is 0 Å². The van der Waals surface area contributed by atoms with Gasteiger partial charge >= 0.3 is 0 Å². The van der Waals surface area contributed by atoms with Crippen LogP contribution in [0.2, 0.25) is 0 Å². The van der Waals surface area contributed by atoms with E-state index < -0.39 is 15.9 Å². The zero-order valence-corrected chi connectivity index (χ0v) is 11.8. The molecule has 2 N–H and O–H groups in total. The number of nitrogens with zero attached hydrogens (tertiary/aromatic N) is 1. The molecule has 6 heteroatoms. The SMILES string of the molecule is CCCCN(CC)C(=O)C(N)CCS(C)(=O)=O. The first-order chi connectivity index (χ1) is 7.81. The maximum absolute atomic E-state index is 11.9. The fourth-order valence-electron chi connectivity index (χ4n) is 1.47. The predicted molar refractivity (Wildman–Crippen MR) is 69.5 cm³/mol. The molecule has 17 heavy (non-hydrogen) atoms. The van der Waals surface area contributed by atoms with Crippen molar-refractivity contribution in [2.24, 2.45) is 5.73 Å². The predicted octanol–water partition coefficient (Wildman–Crippen LogP) is 0.397. The summed E-state index contributed by atoms with van der Waals surface area (Å²) < 4.78 is 22.0. The van der Waals surface area contributed by atoms with Gasteiger partial charge in [0, 0.05) is 19.3 Å². The summed E-state index contributed by atoms with van der Waals surface area (Å²) in [7, 11) is -3.05. The number of nitrogens with two attached hydrogens (primary N) is 1. The Morgan fingerprint density at radius 1 is 1.35 bits per heavy atom. The lowest BCUT2D eigenvalue weighted by molar-refractivity contribution is -0.132. The number of likely N-dealkylation sites (N-methyl/N-ethyl adjacent to an activating group) is 1. The molecule has 0 aliphatic rings. The molecule has 0 aromatic rings. The zero-order chi connectivity index (χ0) is 13.5. The fourth-order valence-corrected chi connectivity index (χ4v) is 2.15. The number of amides is 1. The van der Waals surface area contributed by atoms with Crippen LogP contribution >= 0.6 is 0 Å². The number of hydrogen-bond donors (Lipinski definition) is 1. The molecular weight excluding hydrogens is 240 g/mol. The average molecular weight is 264 g/mol. The van der Waals surface area contributed by atoms with Gasteiger partial charge in [-0.1, -0.05) is 13.3 Å². The molecule has 0 spiro atoms. The van der Waals surface area contributed by atoms with Gasteiger partial charge in [-0.3, -0.25) is 4.79 Å². The Morgan fingerprint density at radius 3 is 2.35 bits per heavy atom. The summed E-state index contributed by atoms with van der Waals surface area (Å²) in [4.78, 5) is 13.6. The average Bonchev–Trinajstić information content (AvgIpc) is 2.25. The van der Waals surface area contributed by atoms with Gasteiger partial charge in [-0.05, 0) is 19.8 Å². The van der Waals surface area contributed by atoms with E-state index in [1.807, 2.05) is 6.92 Å². The van der Waals surface area contributed by atoms with E-state index in [1.54, 1.807) is 4.90 Å². The van der Waals surface area contributed by atoms with E-state index in [4.69, 9.17) is 5.73 Å². The van der Waals surface area contributed by atoms with Crippen molar-refractivity contribution in [3.8, 4) is 0 Å². The Morgan fingerprint density at radius 2 is 1.94 bits per heavy atom. The van der Waals surface area contributed by atoms with Crippen molar-refractivity contribution < 1.29 is 13.2 Å². The fraction of sp³-hybridized carbons (Fsp3) is 0.909. The minimum atomic E-state index is -3.05. The third-order valence-electron chi connectivity index (χ3n) is 2.59. The second-order valence-electron chi connectivity index (χ2n) is 4.30. The maximum atomic E-state index is 11.9. The summed E-state index contributed by atoms with van der Waals surface area (Å²) in [6, 6.07) is -0.707. The van der Waals surface area contributed by atoms with Crippen molar-refractivity contribution >= 4 is 15.7 Å². The monoisotopic (exact) mass is 264 g/mol. The normalized spacial score (nSPS) is 13.4. The summed E-state index contributed by atoms with van der Waals surface area (Å²) in [6.45, 7) is 5.27. The summed E-state index contributed by atoms with van der Waals surface area (Å²) in [5.41, 5.74) is 5.72. The van der Waals surface area contributed by atoms with Crippen LogP contribution in [0.5, 0.6) is 0 Å². The van der Waals surface area contributed by atoms with E-state index in [2.05, 4.69) is 6.92 Å². The molecule has 0 bridgehead atoms. The lowest BCUT2D eigenvalue weighted by Crippen LogP contribution is -2.44. The number of unbranched alkanes of at least 4 members (excludes halogenated alkanes) is 1. The van der Waals surface area contributed by atoms with Crippen LogP contribution in [0.4, 0.5) is 0 Å². The van der Waals surface area contributed by atoms with Crippen LogP contribution in [0, 0.1) is 0 Å². The molecule has 1 atom stereocenters. The third-order valence-corrected chi connectivity index (χ3v) is 3.57. The quantitative estimate of drug-likeness (QED) is 0.688. The number of carbonyl (C=O) groups is 1. The van der Waals surface area contributed by atoms with Gasteiger partial charge in [0.2, 0.25) is 5.91 Å². The highest BCUT2D eigenvalue weighted by atomic mass is 32.2. The summed E-state index contributed by atoms with van der Waals surface area (Å²) in [5, 5.41) is 0. The number of carbonyl (C=O) groups excluding carboxylic acids is 1. The number of sulfone groups is 1. The minimum Gasteiger partial charge on any atom is -0.342 e. The smallest absolute Gasteiger partial charge is 0.239 e. The largest absolute Gasteiger partial charge is 0.342 e. The van der Waals surface area contributed by atoms with Crippen molar-refractivity contribution in [3.05, 3.63) is 0 Å². The van der Waals surface area contributed by atoms with Crippen molar-refractivity contribution in [2.45, 2.75) is 39.2 Å². The lowest BCUT2D eigenvalue weighted by atomic mass is 10.2. The van der Waals surface area contributed by atoms with Gasteiger partial charge in [-0.2, -0.15) is 0 Å². The molecule has 0 rings (SSSR count). The first kappa shape index (κ1) is 16.4. The zero-order valence-electron chi connectivity index (χ0n) is 11.0. The van der Waals surface area contributed by atoms with Gasteiger partial charge in [0.05, 0.1) is 11.8 Å². The van der Waals surface area contributed by atoms with Gasteiger partial charge < -0.3 is 10.6 Å². The summed E-state index contributed by atoms with van der Waals surface area (Å²) in [5.74, 6) is -0.185. The van der Waals surface area contributed by atoms with Crippen molar-refractivity contribution in [3.63, 3.8) is 0 Å². The molecular formula is C11H24N2O3S. The van der Waals surface area contributed by atoms with E-state index in [1.165, 1.54) is 0 Å². The maximum Gasteiger partial charge on any atom is 0.239 e. The first-order valence-electron chi connectivity index (χ1n) is 6.03. The van der Waals surface area contributed by atoms with Gasteiger partial charge in [0.25, 0.3) is 0 Å². The second-order valence-corrected chi connectivity index (χ2v) is 6.56. The minimum absolute atomic E-state index is 0.0365. The van der Waals surface area contributed by atoms with Crippen LogP contribution in [0.25, 0.3) is 0 Å². The van der Waals surface area contributed by atoms with Crippen LogP contribution in [-0.4, -0.2) is 50.4 Å². The molecule has 0 aliphatic carbocycles. The van der Waals surface area contributed by atoms with Crippen LogP contribution in [0.3, 0.4) is 0 Å². The van der Waals surface area contributed by atoms with Crippen LogP contribution < -0.4 is 5.73 Å². The molecule has 0 aromatic heterocycles. The van der Waals surface area contributed by atoms with Crippen molar-refractivity contribution in [2.75, 3.05) is 25.1 Å². The van der Waals surface area contributed by atoms with Crippen molar-refractivity contribution in [1.82, 2.24) is 4.90 Å². The van der Waals surface area contributed by atoms with Crippen molar-refractivity contribution in [1.29, 1.82) is 0 Å². The molecule has 1 unspecified atom stereocenters. The van der Waals surface area contributed by atoms with E-state index in [9.17, 15) is 13.2 Å². The Hall–Kier alpha value is -0.620. The molecule has 102 valence electrons. The molecule has 0 aromatic carbocycles. The molecule has 0 saturated carbocycles. The Bertz CT molecular complexity index is 328. The number of hydrogen-bond acceptors (Lipinski definition) is 4. The van der Waals surface area contributed by atoms with Crippen LogP contribution in [-0.2, 0) is 14.6 Å². The lowest BCUT2D eigenvalue weighted by Gasteiger charge is -2.24.